The van der Waals surface area contributed by atoms with E-state index in [1.807, 2.05) is 0 Å². The lowest BCUT2D eigenvalue weighted by atomic mass is 10.3. The molecule has 1 heterocycles. The zero-order chi connectivity index (χ0) is 9.26. The fourth-order valence-electron chi connectivity index (χ4n) is 1.13. The SMILES string of the molecule is NNc1nc(Cl)nc(CC2CC2)n1. The van der Waals surface area contributed by atoms with Crippen LogP contribution in [0.5, 0.6) is 0 Å². The monoisotopic (exact) mass is 199 g/mol. The molecule has 70 valence electrons. The molecule has 1 fully saturated rings. The second kappa shape index (κ2) is 3.43. The van der Waals surface area contributed by atoms with Crippen molar-refractivity contribution in [2.75, 3.05) is 5.43 Å². The van der Waals surface area contributed by atoms with E-state index in [0.717, 1.165) is 18.2 Å². The Hall–Kier alpha value is -0.940. The number of nitrogens with zero attached hydrogens (tertiary/aromatic N) is 3. The zero-order valence-electron chi connectivity index (χ0n) is 7.00. The number of hydrazine groups is 1. The molecule has 6 heteroatoms. The second-order valence-electron chi connectivity index (χ2n) is 3.14. The van der Waals surface area contributed by atoms with Gasteiger partial charge in [-0.25, -0.2) is 10.8 Å². The van der Waals surface area contributed by atoms with Crippen molar-refractivity contribution in [1.82, 2.24) is 15.0 Å². The van der Waals surface area contributed by atoms with Gasteiger partial charge in [0.25, 0.3) is 0 Å². The molecule has 0 spiro atoms. The average molecular weight is 200 g/mol. The molecular weight excluding hydrogens is 190 g/mol. The van der Waals surface area contributed by atoms with E-state index in [1.54, 1.807) is 0 Å². The molecule has 0 saturated heterocycles. The average Bonchev–Trinajstić information content (AvgIpc) is 2.87. The maximum Gasteiger partial charge on any atom is 0.241 e. The third-order valence-corrected chi connectivity index (χ3v) is 2.12. The van der Waals surface area contributed by atoms with Crippen LogP contribution in [-0.4, -0.2) is 15.0 Å². The molecule has 0 aromatic carbocycles. The summed E-state index contributed by atoms with van der Waals surface area (Å²) in [6, 6.07) is 0. The lowest BCUT2D eigenvalue weighted by Gasteiger charge is -2.01. The Kier molecular flexibility index (Phi) is 2.28. The smallest absolute Gasteiger partial charge is 0.241 e. The van der Waals surface area contributed by atoms with Crippen LogP contribution in [0.15, 0.2) is 0 Å². The number of hydrogen-bond acceptors (Lipinski definition) is 5. The Morgan fingerprint density at radius 3 is 2.77 bits per heavy atom. The molecule has 0 unspecified atom stereocenters. The van der Waals surface area contributed by atoms with Gasteiger partial charge in [-0.05, 0) is 30.4 Å². The molecule has 5 nitrogen and oxygen atoms in total. The molecule has 1 aromatic heterocycles. The largest absolute Gasteiger partial charge is 0.292 e. The van der Waals surface area contributed by atoms with Crippen LogP contribution in [-0.2, 0) is 6.42 Å². The highest BCUT2D eigenvalue weighted by atomic mass is 35.5. The van der Waals surface area contributed by atoms with Crippen molar-refractivity contribution in [2.24, 2.45) is 11.8 Å². The molecule has 1 aliphatic carbocycles. The Balaban J connectivity index is 2.17. The molecule has 2 rings (SSSR count). The van der Waals surface area contributed by atoms with E-state index in [-0.39, 0.29) is 5.28 Å². The van der Waals surface area contributed by atoms with Crippen LogP contribution in [0.4, 0.5) is 5.95 Å². The normalized spacial score (nSPS) is 15.8. The van der Waals surface area contributed by atoms with Gasteiger partial charge in [-0.1, -0.05) is 0 Å². The maximum absolute atomic E-state index is 5.67. The molecule has 0 bridgehead atoms. The summed E-state index contributed by atoms with van der Waals surface area (Å²) in [5.41, 5.74) is 2.36. The van der Waals surface area contributed by atoms with Crippen molar-refractivity contribution in [3.05, 3.63) is 11.1 Å². The lowest BCUT2D eigenvalue weighted by Crippen LogP contribution is -2.13. The van der Waals surface area contributed by atoms with Gasteiger partial charge >= 0.3 is 0 Å². The summed E-state index contributed by atoms with van der Waals surface area (Å²) in [4.78, 5) is 11.9. The van der Waals surface area contributed by atoms with E-state index < -0.39 is 0 Å². The van der Waals surface area contributed by atoms with E-state index in [2.05, 4.69) is 20.4 Å². The summed E-state index contributed by atoms with van der Waals surface area (Å²) in [6.45, 7) is 0. The highest BCUT2D eigenvalue weighted by molar-refractivity contribution is 6.28. The van der Waals surface area contributed by atoms with Gasteiger partial charge in [-0.15, -0.1) is 0 Å². The van der Waals surface area contributed by atoms with Crippen LogP contribution >= 0.6 is 11.6 Å². The maximum atomic E-state index is 5.67. The van der Waals surface area contributed by atoms with Crippen molar-refractivity contribution in [2.45, 2.75) is 19.3 Å². The van der Waals surface area contributed by atoms with E-state index in [4.69, 9.17) is 17.4 Å². The van der Waals surface area contributed by atoms with E-state index >= 15 is 0 Å². The lowest BCUT2D eigenvalue weighted by molar-refractivity contribution is 0.760. The Morgan fingerprint density at radius 2 is 2.15 bits per heavy atom. The molecule has 3 N–H and O–H groups in total. The first-order chi connectivity index (χ1) is 6.28. The highest BCUT2D eigenvalue weighted by Gasteiger charge is 2.23. The van der Waals surface area contributed by atoms with Gasteiger partial charge in [-0.3, -0.25) is 5.43 Å². The minimum atomic E-state index is 0.193. The van der Waals surface area contributed by atoms with E-state index in [0.29, 0.717) is 5.95 Å². The number of nitrogen functional groups attached to an aromatic ring is 1. The Morgan fingerprint density at radius 1 is 1.38 bits per heavy atom. The zero-order valence-corrected chi connectivity index (χ0v) is 7.75. The predicted octanol–water partition coefficient (Wildman–Crippen LogP) is 0.763. The summed E-state index contributed by atoms with van der Waals surface area (Å²) >= 11 is 5.67. The predicted molar refractivity (Wildman–Crippen MR) is 49.1 cm³/mol. The fourth-order valence-corrected chi connectivity index (χ4v) is 1.30. The van der Waals surface area contributed by atoms with Crippen LogP contribution in [0.1, 0.15) is 18.7 Å². The van der Waals surface area contributed by atoms with Crippen molar-refractivity contribution in [1.29, 1.82) is 0 Å². The first kappa shape index (κ1) is 8.65. The molecule has 1 aromatic rings. The molecule has 0 atom stereocenters. The fraction of sp³-hybridized carbons (Fsp3) is 0.571. The van der Waals surface area contributed by atoms with Crippen LogP contribution in [0.3, 0.4) is 0 Å². The van der Waals surface area contributed by atoms with Crippen LogP contribution < -0.4 is 11.3 Å². The molecule has 0 amide bonds. The highest BCUT2D eigenvalue weighted by Crippen LogP contribution is 2.31. The number of rotatable bonds is 3. The standard InChI is InChI=1S/C7H10ClN5/c8-6-10-5(3-4-1-2-4)11-7(12-6)13-9/h4H,1-3,9H2,(H,10,11,12,13). The van der Waals surface area contributed by atoms with Crippen LogP contribution in [0.2, 0.25) is 5.28 Å². The first-order valence-electron chi connectivity index (χ1n) is 4.15. The Bertz CT molecular complexity index is 312. The minimum absolute atomic E-state index is 0.193. The van der Waals surface area contributed by atoms with Gasteiger partial charge in [0.05, 0.1) is 0 Å². The third kappa shape index (κ3) is 2.26. The van der Waals surface area contributed by atoms with Gasteiger partial charge in [0.2, 0.25) is 11.2 Å². The van der Waals surface area contributed by atoms with Crippen molar-refractivity contribution in [3.63, 3.8) is 0 Å². The van der Waals surface area contributed by atoms with Gasteiger partial charge in [0.15, 0.2) is 0 Å². The van der Waals surface area contributed by atoms with E-state index in [1.165, 1.54) is 12.8 Å². The molecular formula is C7H10ClN5. The van der Waals surface area contributed by atoms with Crippen molar-refractivity contribution in [3.8, 4) is 0 Å². The quantitative estimate of drug-likeness (QED) is 0.555. The summed E-state index contributed by atoms with van der Waals surface area (Å²) in [5, 5.41) is 0.193. The van der Waals surface area contributed by atoms with Gasteiger partial charge < -0.3 is 0 Å². The van der Waals surface area contributed by atoms with E-state index in [9.17, 15) is 0 Å². The van der Waals surface area contributed by atoms with Crippen LogP contribution in [0.25, 0.3) is 0 Å². The van der Waals surface area contributed by atoms with Gasteiger partial charge in [0, 0.05) is 6.42 Å². The minimum Gasteiger partial charge on any atom is -0.292 e. The summed E-state index contributed by atoms with van der Waals surface area (Å²) in [6.07, 6.45) is 3.39. The number of aromatic nitrogens is 3. The second-order valence-corrected chi connectivity index (χ2v) is 3.47. The molecule has 13 heavy (non-hydrogen) atoms. The topological polar surface area (TPSA) is 76.7 Å². The third-order valence-electron chi connectivity index (χ3n) is 1.95. The summed E-state index contributed by atoms with van der Waals surface area (Å²) in [7, 11) is 0. The number of halogens is 1. The molecule has 0 aliphatic heterocycles. The number of nitrogens with two attached hydrogens (primary N) is 1. The molecule has 1 saturated carbocycles. The number of hydrogen-bond donors (Lipinski definition) is 2. The molecule has 0 radical (unpaired) electrons. The first-order valence-corrected chi connectivity index (χ1v) is 4.53. The van der Waals surface area contributed by atoms with Gasteiger partial charge in [0.1, 0.15) is 5.82 Å². The molecule has 1 aliphatic rings. The summed E-state index contributed by atoms with van der Waals surface area (Å²) in [5.74, 6) is 6.95. The number of nitrogens with one attached hydrogen (secondary N) is 1. The van der Waals surface area contributed by atoms with Crippen molar-refractivity contribution < 1.29 is 0 Å². The van der Waals surface area contributed by atoms with Gasteiger partial charge in [-0.2, -0.15) is 9.97 Å². The Labute approximate surface area is 80.7 Å². The van der Waals surface area contributed by atoms with Crippen molar-refractivity contribution >= 4 is 17.5 Å². The summed E-state index contributed by atoms with van der Waals surface area (Å²) < 4.78 is 0. The van der Waals surface area contributed by atoms with Crippen LogP contribution in [0, 0.1) is 5.92 Å². The number of anilines is 1.